The number of fused-ring (bicyclic) bond motifs is 1. The van der Waals surface area contributed by atoms with Crippen LogP contribution in [-0.4, -0.2) is 11.5 Å². The van der Waals surface area contributed by atoms with Crippen LogP contribution >= 0.6 is 11.6 Å². The zero-order valence-electron chi connectivity index (χ0n) is 11.9. The molecule has 106 valence electrons. The molecule has 0 radical (unpaired) electrons. The summed E-state index contributed by atoms with van der Waals surface area (Å²) < 4.78 is 0. The molecule has 2 nitrogen and oxygen atoms in total. The Bertz CT molecular complexity index is 738. The lowest BCUT2D eigenvalue weighted by atomic mass is 9.97. The molecular weight excluding hydrogens is 280 g/mol. The second-order valence-electron chi connectivity index (χ2n) is 5.00. The summed E-state index contributed by atoms with van der Waals surface area (Å²) in [5.41, 5.74) is 3.44. The summed E-state index contributed by atoms with van der Waals surface area (Å²) in [4.78, 5) is 4.44. The average molecular weight is 297 g/mol. The van der Waals surface area contributed by atoms with Gasteiger partial charge >= 0.3 is 0 Å². The van der Waals surface area contributed by atoms with Crippen LogP contribution in [0.3, 0.4) is 0 Å². The highest BCUT2D eigenvalue weighted by atomic mass is 35.5. The smallest absolute Gasteiger partial charge is 0.0705 e. The third-order valence-electron chi connectivity index (χ3n) is 3.57. The Balaban J connectivity index is 2.04. The first-order valence-corrected chi connectivity index (χ1v) is 7.49. The lowest BCUT2D eigenvalue weighted by Crippen LogP contribution is -2.21. The van der Waals surface area contributed by atoms with Crippen molar-refractivity contribution >= 4 is 22.5 Å². The van der Waals surface area contributed by atoms with Crippen LogP contribution in [0.1, 0.15) is 24.1 Å². The number of pyridine rings is 1. The van der Waals surface area contributed by atoms with E-state index in [-0.39, 0.29) is 6.04 Å². The zero-order valence-corrected chi connectivity index (χ0v) is 12.6. The highest BCUT2D eigenvalue weighted by Crippen LogP contribution is 2.25. The quantitative estimate of drug-likeness (QED) is 0.762. The van der Waals surface area contributed by atoms with Gasteiger partial charge < -0.3 is 5.32 Å². The van der Waals surface area contributed by atoms with E-state index in [4.69, 9.17) is 11.6 Å². The van der Waals surface area contributed by atoms with Crippen LogP contribution in [0, 0.1) is 0 Å². The molecule has 0 bridgehead atoms. The van der Waals surface area contributed by atoms with Crippen molar-refractivity contribution < 1.29 is 0 Å². The van der Waals surface area contributed by atoms with Crippen LogP contribution in [0.5, 0.6) is 0 Å². The summed E-state index contributed by atoms with van der Waals surface area (Å²) in [6, 6.07) is 18.6. The maximum Gasteiger partial charge on any atom is 0.0705 e. The molecule has 0 fully saturated rings. The Morgan fingerprint density at radius 2 is 1.81 bits per heavy atom. The molecule has 1 unspecified atom stereocenters. The van der Waals surface area contributed by atoms with Crippen molar-refractivity contribution in [1.29, 1.82) is 0 Å². The van der Waals surface area contributed by atoms with Crippen molar-refractivity contribution in [2.75, 3.05) is 6.54 Å². The van der Waals surface area contributed by atoms with Crippen LogP contribution in [0.15, 0.2) is 60.8 Å². The normalized spacial score (nSPS) is 12.5. The lowest BCUT2D eigenvalue weighted by molar-refractivity contribution is 0.631. The molecule has 1 aromatic heterocycles. The number of halogens is 1. The minimum Gasteiger partial charge on any atom is -0.307 e. The van der Waals surface area contributed by atoms with E-state index in [0.29, 0.717) is 0 Å². The fourth-order valence-corrected chi connectivity index (χ4v) is 2.68. The fraction of sp³-hybridized carbons (Fsp3) is 0.167. The summed E-state index contributed by atoms with van der Waals surface area (Å²) in [5, 5.41) is 5.45. The Morgan fingerprint density at radius 1 is 1.05 bits per heavy atom. The summed E-state index contributed by atoms with van der Waals surface area (Å²) in [5.74, 6) is 0. The van der Waals surface area contributed by atoms with Crippen LogP contribution in [0.4, 0.5) is 0 Å². The number of hydrogen-bond acceptors (Lipinski definition) is 2. The van der Waals surface area contributed by atoms with Gasteiger partial charge in [0.15, 0.2) is 0 Å². The predicted molar refractivity (Wildman–Crippen MR) is 88.7 cm³/mol. The molecule has 1 atom stereocenters. The molecule has 0 saturated heterocycles. The van der Waals surface area contributed by atoms with Gasteiger partial charge in [-0.3, -0.25) is 4.98 Å². The van der Waals surface area contributed by atoms with Gasteiger partial charge in [0.25, 0.3) is 0 Å². The van der Waals surface area contributed by atoms with Gasteiger partial charge in [-0.2, -0.15) is 0 Å². The first-order chi connectivity index (χ1) is 10.3. The summed E-state index contributed by atoms with van der Waals surface area (Å²) in [7, 11) is 0. The van der Waals surface area contributed by atoms with Crippen LogP contribution in [-0.2, 0) is 0 Å². The van der Waals surface area contributed by atoms with Crippen LogP contribution in [0.25, 0.3) is 10.9 Å². The number of hydrogen-bond donors (Lipinski definition) is 1. The molecule has 0 aliphatic heterocycles. The molecule has 0 amide bonds. The van der Waals surface area contributed by atoms with Crippen LogP contribution in [0.2, 0.25) is 5.02 Å². The molecule has 21 heavy (non-hydrogen) atoms. The van der Waals surface area contributed by atoms with E-state index in [1.54, 1.807) is 0 Å². The predicted octanol–water partition coefficient (Wildman–Crippen LogP) is 4.59. The maximum absolute atomic E-state index is 5.99. The SMILES string of the molecule is CCNC(c1ccc(Cl)cc1)c1ccc2cccnc2c1. The van der Waals surface area contributed by atoms with Crippen molar-refractivity contribution in [1.82, 2.24) is 10.3 Å². The molecule has 3 heteroatoms. The number of nitrogens with one attached hydrogen (secondary N) is 1. The van der Waals surface area contributed by atoms with Crippen LogP contribution < -0.4 is 5.32 Å². The molecule has 1 N–H and O–H groups in total. The molecule has 0 spiro atoms. The Kier molecular flexibility index (Phi) is 4.18. The fourth-order valence-electron chi connectivity index (χ4n) is 2.55. The number of nitrogens with zero attached hydrogens (tertiary/aromatic N) is 1. The van der Waals surface area contributed by atoms with Gasteiger partial charge in [0, 0.05) is 16.6 Å². The number of rotatable bonds is 4. The number of benzene rings is 2. The molecule has 0 saturated carbocycles. The van der Waals surface area contributed by atoms with Crippen molar-refractivity contribution in [3.05, 3.63) is 76.9 Å². The Morgan fingerprint density at radius 3 is 2.57 bits per heavy atom. The molecule has 1 heterocycles. The summed E-state index contributed by atoms with van der Waals surface area (Å²) >= 11 is 5.99. The zero-order chi connectivity index (χ0) is 14.7. The van der Waals surface area contributed by atoms with E-state index in [1.807, 2.05) is 24.4 Å². The van der Waals surface area contributed by atoms with Gasteiger partial charge in [-0.1, -0.05) is 48.9 Å². The third-order valence-corrected chi connectivity index (χ3v) is 3.83. The van der Waals surface area contributed by atoms with Gasteiger partial charge in [0.2, 0.25) is 0 Å². The Hall–Kier alpha value is -1.90. The van der Waals surface area contributed by atoms with E-state index >= 15 is 0 Å². The second-order valence-corrected chi connectivity index (χ2v) is 5.43. The third kappa shape index (κ3) is 3.07. The van der Waals surface area contributed by atoms with Gasteiger partial charge in [0.1, 0.15) is 0 Å². The topological polar surface area (TPSA) is 24.9 Å². The molecule has 2 aromatic carbocycles. The van der Waals surface area contributed by atoms with E-state index in [2.05, 4.69) is 53.6 Å². The first kappa shape index (κ1) is 14.1. The van der Waals surface area contributed by atoms with Gasteiger partial charge in [-0.15, -0.1) is 0 Å². The van der Waals surface area contributed by atoms with Crippen molar-refractivity contribution in [2.45, 2.75) is 13.0 Å². The van der Waals surface area contributed by atoms with E-state index < -0.39 is 0 Å². The first-order valence-electron chi connectivity index (χ1n) is 7.11. The molecular formula is C18H17ClN2. The van der Waals surface area contributed by atoms with E-state index in [0.717, 1.165) is 22.5 Å². The monoisotopic (exact) mass is 296 g/mol. The van der Waals surface area contributed by atoms with Crippen molar-refractivity contribution in [2.24, 2.45) is 0 Å². The molecule has 0 aliphatic rings. The summed E-state index contributed by atoms with van der Waals surface area (Å²) in [6.45, 7) is 3.01. The van der Waals surface area contributed by atoms with E-state index in [9.17, 15) is 0 Å². The highest BCUT2D eigenvalue weighted by Gasteiger charge is 2.13. The van der Waals surface area contributed by atoms with E-state index in [1.165, 1.54) is 11.1 Å². The van der Waals surface area contributed by atoms with Crippen molar-refractivity contribution in [3.8, 4) is 0 Å². The standard InChI is InChI=1S/C18H17ClN2/c1-2-20-18(14-7-9-16(19)10-8-14)15-6-5-13-4-3-11-21-17(13)12-15/h3-12,18,20H,2H2,1H3. The highest BCUT2D eigenvalue weighted by molar-refractivity contribution is 6.30. The van der Waals surface area contributed by atoms with Crippen molar-refractivity contribution in [3.63, 3.8) is 0 Å². The minimum absolute atomic E-state index is 0.152. The van der Waals surface area contributed by atoms with Gasteiger partial charge in [0.05, 0.1) is 11.6 Å². The average Bonchev–Trinajstić information content (AvgIpc) is 2.53. The maximum atomic E-state index is 5.99. The second kappa shape index (κ2) is 6.25. The largest absolute Gasteiger partial charge is 0.307 e. The van der Waals surface area contributed by atoms with Gasteiger partial charge in [-0.05, 0) is 41.9 Å². The minimum atomic E-state index is 0.152. The molecule has 3 aromatic rings. The molecule has 0 aliphatic carbocycles. The molecule has 3 rings (SSSR count). The van der Waals surface area contributed by atoms with Gasteiger partial charge in [-0.25, -0.2) is 0 Å². The summed E-state index contributed by atoms with van der Waals surface area (Å²) in [6.07, 6.45) is 1.83. The lowest BCUT2D eigenvalue weighted by Gasteiger charge is -2.19. The Labute approximate surface area is 129 Å². The number of aromatic nitrogens is 1.